The van der Waals surface area contributed by atoms with Gasteiger partial charge in [0.25, 0.3) is 0 Å². The molecule has 2 rings (SSSR count). The van der Waals surface area contributed by atoms with Gasteiger partial charge in [-0.2, -0.15) is 0 Å². The molecule has 1 amide bonds. The van der Waals surface area contributed by atoms with Gasteiger partial charge in [0, 0.05) is 19.3 Å². The Morgan fingerprint density at radius 2 is 2.25 bits per heavy atom. The van der Waals surface area contributed by atoms with Gasteiger partial charge in [-0.05, 0) is 30.9 Å². The highest BCUT2D eigenvalue weighted by Crippen LogP contribution is 2.20. The van der Waals surface area contributed by atoms with Gasteiger partial charge < -0.3 is 10.2 Å². The molecule has 0 bridgehead atoms. The molecule has 1 N–H and O–H groups in total. The molecule has 20 heavy (non-hydrogen) atoms. The van der Waals surface area contributed by atoms with E-state index in [1.54, 1.807) is 12.3 Å². The summed E-state index contributed by atoms with van der Waals surface area (Å²) in [6.07, 6.45) is 4.02. The number of nitrogens with zero attached hydrogens (tertiary/aromatic N) is 2. The number of rotatable bonds is 3. The Balaban J connectivity index is 1.72. The summed E-state index contributed by atoms with van der Waals surface area (Å²) in [5, 5.41) is 2.76. The van der Waals surface area contributed by atoms with Crippen LogP contribution in [0.4, 0.5) is 5.82 Å². The van der Waals surface area contributed by atoms with E-state index in [2.05, 4.69) is 22.1 Å². The maximum atomic E-state index is 11.8. The lowest BCUT2D eigenvalue weighted by Crippen LogP contribution is -2.36. The first kappa shape index (κ1) is 15.3. The van der Waals surface area contributed by atoms with Crippen LogP contribution in [0.3, 0.4) is 0 Å². The van der Waals surface area contributed by atoms with Crippen LogP contribution < -0.4 is 5.32 Å². The standard InChI is InChI=1S/C14H19N3OS2/c1-11-5-8-17(9-6-11)14(19)20-10-13(18)16-12-4-2-3-7-15-12/h2-4,7,11H,5-6,8-10H2,1H3,(H,15,16,18). The van der Waals surface area contributed by atoms with Crippen LogP contribution in [0.15, 0.2) is 24.4 Å². The minimum absolute atomic E-state index is 0.0681. The highest BCUT2D eigenvalue weighted by molar-refractivity contribution is 8.23. The second kappa shape index (κ2) is 7.59. The number of hydrogen-bond donors (Lipinski definition) is 1. The topological polar surface area (TPSA) is 45.2 Å². The number of piperidine rings is 1. The lowest BCUT2D eigenvalue weighted by atomic mass is 10.00. The SMILES string of the molecule is CC1CCN(C(=S)SCC(=O)Nc2ccccn2)CC1. The highest BCUT2D eigenvalue weighted by Gasteiger charge is 2.18. The van der Waals surface area contributed by atoms with E-state index in [1.807, 2.05) is 12.1 Å². The van der Waals surface area contributed by atoms with E-state index in [0.29, 0.717) is 11.6 Å². The van der Waals surface area contributed by atoms with Crippen LogP contribution >= 0.6 is 24.0 Å². The number of thiocarbonyl (C=S) groups is 1. The average Bonchev–Trinajstić information content (AvgIpc) is 2.46. The summed E-state index contributed by atoms with van der Waals surface area (Å²) >= 11 is 6.82. The van der Waals surface area contributed by atoms with E-state index in [0.717, 1.165) is 23.3 Å². The van der Waals surface area contributed by atoms with Gasteiger partial charge in [0.2, 0.25) is 5.91 Å². The summed E-state index contributed by atoms with van der Waals surface area (Å²) < 4.78 is 0.827. The van der Waals surface area contributed by atoms with E-state index in [4.69, 9.17) is 12.2 Å². The predicted molar refractivity (Wildman–Crippen MR) is 87.9 cm³/mol. The summed E-state index contributed by atoms with van der Waals surface area (Å²) in [4.78, 5) is 18.1. The number of anilines is 1. The Morgan fingerprint density at radius 1 is 1.50 bits per heavy atom. The molecular formula is C14H19N3OS2. The van der Waals surface area contributed by atoms with Gasteiger partial charge in [-0.25, -0.2) is 4.98 Å². The number of carbonyl (C=O) groups excluding carboxylic acids is 1. The molecule has 4 nitrogen and oxygen atoms in total. The van der Waals surface area contributed by atoms with Crippen molar-refractivity contribution >= 4 is 40.0 Å². The maximum absolute atomic E-state index is 11.8. The molecule has 2 heterocycles. The van der Waals surface area contributed by atoms with Crippen LogP contribution in [0.25, 0.3) is 0 Å². The summed E-state index contributed by atoms with van der Waals surface area (Å²) in [6.45, 7) is 4.29. The van der Waals surface area contributed by atoms with Crippen molar-refractivity contribution in [1.29, 1.82) is 0 Å². The molecule has 1 aromatic rings. The lowest BCUT2D eigenvalue weighted by Gasteiger charge is -2.31. The van der Waals surface area contributed by atoms with E-state index in [1.165, 1.54) is 24.6 Å². The molecule has 1 saturated heterocycles. The van der Waals surface area contributed by atoms with Crippen molar-refractivity contribution in [3.8, 4) is 0 Å². The van der Waals surface area contributed by atoms with Crippen LogP contribution in [0.5, 0.6) is 0 Å². The van der Waals surface area contributed by atoms with Crippen molar-refractivity contribution in [2.45, 2.75) is 19.8 Å². The quantitative estimate of drug-likeness (QED) is 0.870. The molecule has 0 spiro atoms. The van der Waals surface area contributed by atoms with Crippen LogP contribution in [-0.2, 0) is 4.79 Å². The van der Waals surface area contributed by atoms with Gasteiger partial charge in [-0.15, -0.1) is 0 Å². The Hall–Kier alpha value is -1.14. The Bertz CT molecular complexity index is 459. The van der Waals surface area contributed by atoms with Gasteiger partial charge in [0.15, 0.2) is 0 Å². The summed E-state index contributed by atoms with van der Waals surface area (Å²) in [6, 6.07) is 5.43. The molecule has 0 saturated carbocycles. The number of nitrogens with one attached hydrogen (secondary N) is 1. The lowest BCUT2D eigenvalue weighted by molar-refractivity contribution is -0.113. The zero-order chi connectivity index (χ0) is 14.4. The van der Waals surface area contributed by atoms with Gasteiger partial charge in [-0.1, -0.05) is 37.0 Å². The first-order valence-corrected chi connectivity index (χ1v) is 8.17. The fourth-order valence-corrected chi connectivity index (χ4v) is 3.08. The Morgan fingerprint density at radius 3 is 2.90 bits per heavy atom. The van der Waals surface area contributed by atoms with Crippen molar-refractivity contribution in [3.05, 3.63) is 24.4 Å². The second-order valence-corrected chi connectivity index (χ2v) is 6.60. The van der Waals surface area contributed by atoms with Gasteiger partial charge in [-0.3, -0.25) is 4.79 Å². The maximum Gasteiger partial charge on any atom is 0.235 e. The average molecular weight is 309 g/mol. The van der Waals surface area contributed by atoms with Crippen molar-refractivity contribution in [2.75, 3.05) is 24.2 Å². The highest BCUT2D eigenvalue weighted by atomic mass is 32.2. The molecule has 6 heteroatoms. The molecule has 108 valence electrons. The molecule has 1 aromatic heterocycles. The molecule has 1 aliphatic heterocycles. The molecule has 0 unspecified atom stereocenters. The molecule has 0 aromatic carbocycles. The van der Waals surface area contributed by atoms with Crippen molar-refractivity contribution in [1.82, 2.24) is 9.88 Å². The number of carbonyl (C=O) groups is 1. The molecule has 0 atom stereocenters. The Labute approximate surface area is 129 Å². The zero-order valence-corrected chi connectivity index (χ0v) is 13.2. The summed E-state index contributed by atoms with van der Waals surface area (Å²) in [5.74, 6) is 1.63. The predicted octanol–water partition coefficient (Wildman–Crippen LogP) is 2.77. The molecule has 1 fully saturated rings. The minimum atomic E-state index is -0.0681. The van der Waals surface area contributed by atoms with E-state index in [9.17, 15) is 4.79 Å². The van der Waals surface area contributed by atoms with Crippen LogP contribution in [0.1, 0.15) is 19.8 Å². The normalized spacial score (nSPS) is 15.9. The van der Waals surface area contributed by atoms with Crippen LogP contribution in [0, 0.1) is 5.92 Å². The van der Waals surface area contributed by atoms with Crippen LogP contribution in [0.2, 0.25) is 0 Å². The number of thioether (sulfide) groups is 1. The fourth-order valence-electron chi connectivity index (χ4n) is 2.03. The first-order chi connectivity index (χ1) is 9.65. The number of hydrogen-bond acceptors (Lipinski definition) is 4. The van der Waals surface area contributed by atoms with Gasteiger partial charge >= 0.3 is 0 Å². The van der Waals surface area contributed by atoms with Gasteiger partial charge in [0.05, 0.1) is 5.75 Å². The number of pyridine rings is 1. The van der Waals surface area contributed by atoms with Crippen molar-refractivity contribution in [3.63, 3.8) is 0 Å². The molecular weight excluding hydrogens is 290 g/mol. The first-order valence-electron chi connectivity index (χ1n) is 6.77. The third-order valence-corrected chi connectivity index (χ3v) is 4.82. The molecule has 0 radical (unpaired) electrons. The monoisotopic (exact) mass is 309 g/mol. The second-order valence-electron chi connectivity index (χ2n) is 4.99. The van der Waals surface area contributed by atoms with E-state index < -0.39 is 0 Å². The molecule has 1 aliphatic rings. The summed E-state index contributed by atoms with van der Waals surface area (Å²) in [5.41, 5.74) is 0. The number of likely N-dealkylation sites (tertiary alicyclic amines) is 1. The number of amides is 1. The third-order valence-electron chi connectivity index (χ3n) is 3.30. The largest absolute Gasteiger partial charge is 0.357 e. The summed E-state index contributed by atoms with van der Waals surface area (Å²) in [7, 11) is 0. The number of aromatic nitrogens is 1. The zero-order valence-electron chi connectivity index (χ0n) is 11.5. The fraction of sp³-hybridized carbons (Fsp3) is 0.500. The van der Waals surface area contributed by atoms with E-state index in [-0.39, 0.29) is 5.91 Å². The third kappa shape index (κ3) is 4.76. The van der Waals surface area contributed by atoms with Gasteiger partial charge in [0.1, 0.15) is 10.1 Å². The molecule has 0 aliphatic carbocycles. The van der Waals surface area contributed by atoms with Crippen molar-refractivity contribution in [2.24, 2.45) is 5.92 Å². The Kier molecular flexibility index (Phi) is 5.79. The van der Waals surface area contributed by atoms with E-state index >= 15 is 0 Å². The minimum Gasteiger partial charge on any atom is -0.357 e. The smallest absolute Gasteiger partial charge is 0.235 e. The van der Waals surface area contributed by atoms with Crippen molar-refractivity contribution < 1.29 is 4.79 Å². The van der Waals surface area contributed by atoms with Crippen LogP contribution in [-0.4, -0.2) is 39.0 Å².